The van der Waals surface area contributed by atoms with Gasteiger partial charge in [0, 0.05) is 12.1 Å². The van der Waals surface area contributed by atoms with Crippen molar-refractivity contribution in [2.75, 3.05) is 18.5 Å². The first-order chi connectivity index (χ1) is 14.5. The van der Waals surface area contributed by atoms with E-state index in [0.29, 0.717) is 16.2 Å². The van der Waals surface area contributed by atoms with Gasteiger partial charge in [-0.25, -0.2) is 9.37 Å². The number of aromatic nitrogens is 3. The Balaban J connectivity index is 1.33. The number of aliphatic hydroxyl groups excluding tert-OH is 1. The molecule has 4 N–H and O–H groups in total. The van der Waals surface area contributed by atoms with Gasteiger partial charge in [0.1, 0.15) is 35.7 Å². The number of aliphatic hydroxyl groups is 1. The summed E-state index contributed by atoms with van der Waals surface area (Å²) in [6.45, 7) is 0.475. The molecule has 1 aromatic carbocycles. The van der Waals surface area contributed by atoms with Gasteiger partial charge in [-0.05, 0) is 18.2 Å². The molecule has 5 rings (SSSR count). The number of rotatable bonds is 5. The molecule has 0 radical (unpaired) electrons. The van der Waals surface area contributed by atoms with Crippen molar-refractivity contribution >= 4 is 28.6 Å². The number of phenolic OH excluding ortho intramolecular Hbond substituents is 1. The summed E-state index contributed by atoms with van der Waals surface area (Å²) in [4.78, 5) is 11.7. The highest BCUT2D eigenvalue weighted by Crippen LogP contribution is 2.31. The highest BCUT2D eigenvalue weighted by atomic mass is 35.5. The number of nitrogens with one attached hydrogen (secondary N) is 2. The smallest absolute Gasteiger partial charge is 0.296 e. The zero-order valence-electron chi connectivity index (χ0n) is 15.5. The molecule has 0 unspecified atom stereocenters. The molecule has 9 nitrogen and oxygen atoms in total. The number of fused-ring (bicyclic) bond motifs is 2. The van der Waals surface area contributed by atoms with Crippen LogP contribution in [-0.2, 0) is 16.0 Å². The van der Waals surface area contributed by atoms with E-state index < -0.39 is 24.1 Å². The molecule has 11 heteroatoms. The number of hydrogen-bond donors (Lipinski definition) is 4. The first-order valence-electron chi connectivity index (χ1n) is 9.34. The number of anilines is 1. The number of imidazole rings is 1. The van der Waals surface area contributed by atoms with Crippen molar-refractivity contribution in [1.29, 1.82) is 0 Å². The second-order valence-corrected chi connectivity index (χ2v) is 7.55. The van der Waals surface area contributed by atoms with Crippen LogP contribution in [-0.4, -0.2) is 62.8 Å². The first-order valence-corrected chi connectivity index (χ1v) is 9.72. The molecule has 2 aliphatic heterocycles. The molecule has 2 aromatic heterocycles. The number of aromatic amines is 1. The van der Waals surface area contributed by atoms with Crippen molar-refractivity contribution in [2.45, 2.75) is 31.0 Å². The number of nitrogens with zero attached hydrogens (tertiary/aromatic N) is 2. The average molecular weight is 437 g/mol. The lowest BCUT2D eigenvalue weighted by molar-refractivity contribution is 0.00706. The molecule has 158 valence electrons. The van der Waals surface area contributed by atoms with Gasteiger partial charge in [-0.15, -0.1) is 0 Å². The number of hydrogen-bond acceptors (Lipinski definition) is 8. The summed E-state index contributed by atoms with van der Waals surface area (Å²) in [7, 11) is 0. The summed E-state index contributed by atoms with van der Waals surface area (Å²) in [5, 5.41) is 22.9. The van der Waals surface area contributed by atoms with Crippen LogP contribution in [0, 0.1) is 5.82 Å². The van der Waals surface area contributed by atoms with E-state index >= 15 is 0 Å². The van der Waals surface area contributed by atoms with Crippen LogP contribution in [0.5, 0.6) is 11.8 Å². The lowest BCUT2D eigenvalue weighted by atomic mass is 10.1. The minimum atomic E-state index is -0.665. The van der Waals surface area contributed by atoms with Crippen LogP contribution in [0.25, 0.3) is 11.2 Å². The van der Waals surface area contributed by atoms with Crippen LogP contribution < -0.4 is 10.1 Å². The predicted molar refractivity (Wildman–Crippen MR) is 104 cm³/mol. The molecule has 4 heterocycles. The maximum atomic E-state index is 13.9. The van der Waals surface area contributed by atoms with Crippen molar-refractivity contribution in [3.05, 3.63) is 40.7 Å². The Kier molecular flexibility index (Phi) is 4.86. The maximum Gasteiger partial charge on any atom is 0.296 e. The molecule has 2 saturated heterocycles. The summed E-state index contributed by atoms with van der Waals surface area (Å²) in [5.74, 6) is -0.408. The number of benzene rings is 1. The van der Waals surface area contributed by atoms with Gasteiger partial charge in [0.05, 0.1) is 23.8 Å². The van der Waals surface area contributed by atoms with Crippen LogP contribution in [0.2, 0.25) is 5.02 Å². The monoisotopic (exact) mass is 436 g/mol. The molecule has 2 fully saturated rings. The van der Waals surface area contributed by atoms with Gasteiger partial charge in [-0.2, -0.15) is 4.98 Å². The van der Waals surface area contributed by atoms with Crippen molar-refractivity contribution in [3.63, 3.8) is 0 Å². The third kappa shape index (κ3) is 3.41. The number of H-pyrrole nitrogens is 1. The molecule has 4 atom stereocenters. The average Bonchev–Trinajstić information content (AvgIpc) is 3.39. The van der Waals surface area contributed by atoms with E-state index in [1.54, 1.807) is 6.07 Å². The van der Waals surface area contributed by atoms with Crippen LogP contribution in [0.1, 0.15) is 5.56 Å². The topological polar surface area (TPSA) is 122 Å². The molecule has 3 aromatic rings. The van der Waals surface area contributed by atoms with Crippen molar-refractivity contribution in [2.24, 2.45) is 0 Å². The number of halogens is 2. The highest BCUT2D eigenvalue weighted by molar-refractivity contribution is 6.33. The quantitative estimate of drug-likeness (QED) is 0.479. The van der Waals surface area contributed by atoms with Crippen LogP contribution in [0.4, 0.5) is 10.2 Å². The molecular formula is C19H18ClFN4O5. The minimum absolute atomic E-state index is 0.00728. The molecule has 0 bridgehead atoms. The highest BCUT2D eigenvalue weighted by Gasteiger charge is 2.48. The van der Waals surface area contributed by atoms with E-state index in [1.165, 1.54) is 18.2 Å². The molecule has 2 aliphatic rings. The largest absolute Gasteiger partial charge is 0.507 e. The van der Waals surface area contributed by atoms with Gasteiger partial charge in [-0.3, -0.25) is 0 Å². The van der Waals surface area contributed by atoms with Gasteiger partial charge in [0.2, 0.25) is 0 Å². The lowest BCUT2D eigenvalue weighted by Gasteiger charge is -2.15. The van der Waals surface area contributed by atoms with Gasteiger partial charge in [0.15, 0.2) is 11.8 Å². The van der Waals surface area contributed by atoms with Gasteiger partial charge >= 0.3 is 0 Å². The van der Waals surface area contributed by atoms with Crippen LogP contribution in [0.15, 0.2) is 24.3 Å². The van der Waals surface area contributed by atoms with E-state index in [9.17, 15) is 14.6 Å². The molecule has 30 heavy (non-hydrogen) atoms. The van der Waals surface area contributed by atoms with Gasteiger partial charge < -0.3 is 34.7 Å². The lowest BCUT2D eigenvalue weighted by Crippen LogP contribution is -2.34. The Morgan fingerprint density at radius 2 is 2.10 bits per heavy atom. The van der Waals surface area contributed by atoms with E-state index in [2.05, 4.69) is 20.3 Å². The molecule has 0 saturated carbocycles. The van der Waals surface area contributed by atoms with Crippen LogP contribution >= 0.6 is 11.6 Å². The van der Waals surface area contributed by atoms with Crippen LogP contribution in [0.3, 0.4) is 0 Å². The Morgan fingerprint density at radius 3 is 2.93 bits per heavy atom. The van der Waals surface area contributed by atoms with Crippen molar-refractivity contribution in [3.8, 4) is 11.8 Å². The minimum Gasteiger partial charge on any atom is -0.507 e. The van der Waals surface area contributed by atoms with E-state index in [0.717, 1.165) is 0 Å². The molecular weight excluding hydrogens is 419 g/mol. The van der Waals surface area contributed by atoms with Crippen molar-refractivity contribution < 1.29 is 28.8 Å². The fourth-order valence-electron chi connectivity index (χ4n) is 3.66. The van der Waals surface area contributed by atoms with E-state index in [-0.39, 0.29) is 49.0 Å². The Morgan fingerprint density at radius 1 is 1.27 bits per heavy atom. The summed E-state index contributed by atoms with van der Waals surface area (Å²) in [6.07, 6.45) is -1.85. The molecule has 0 aliphatic carbocycles. The zero-order valence-corrected chi connectivity index (χ0v) is 16.3. The first kappa shape index (κ1) is 19.3. The standard InChI is InChI=1S/C19H18ClFN4O5/c20-9-4-11-18(24-17(9)22-5-8-10(21)2-1-3-12(8)26)25-19(23-11)30-14-7-29-15-13(27)6-28-16(14)15/h1-4,13-16,26-27H,5-7H2,(H2,22,23,24,25)/t13-,14-,15-,16-/m1/s1. The summed E-state index contributed by atoms with van der Waals surface area (Å²) in [5.41, 5.74) is 1.01. The van der Waals surface area contributed by atoms with Gasteiger partial charge in [-0.1, -0.05) is 17.7 Å². The number of pyridine rings is 1. The normalized spacial score (nSPS) is 25.6. The number of phenols is 1. The Hall–Kier alpha value is -2.66. The molecule has 0 amide bonds. The SMILES string of the molecule is Oc1cccc(F)c1CNc1nc2nc(O[C@@H]3CO[C@H]4[C@@H]3OC[C@H]4O)[nH]c2cc1Cl. The Bertz CT molecular complexity index is 1080. The zero-order chi connectivity index (χ0) is 20.8. The summed E-state index contributed by atoms with van der Waals surface area (Å²) < 4.78 is 30.8. The predicted octanol–water partition coefficient (Wildman–Crippen LogP) is 1.97. The third-order valence-corrected chi connectivity index (χ3v) is 5.46. The second kappa shape index (κ2) is 7.55. The Labute approximate surface area is 174 Å². The van der Waals surface area contributed by atoms with Gasteiger partial charge in [0.25, 0.3) is 6.01 Å². The van der Waals surface area contributed by atoms with E-state index in [4.69, 9.17) is 25.8 Å². The molecule has 0 spiro atoms. The fourth-order valence-corrected chi connectivity index (χ4v) is 3.88. The van der Waals surface area contributed by atoms with E-state index in [1.807, 2.05) is 0 Å². The summed E-state index contributed by atoms with van der Waals surface area (Å²) in [6, 6.07) is 5.93. The summed E-state index contributed by atoms with van der Waals surface area (Å²) >= 11 is 6.28. The second-order valence-electron chi connectivity index (χ2n) is 7.14. The fraction of sp³-hybridized carbons (Fsp3) is 0.368. The number of aromatic hydroxyl groups is 1. The third-order valence-electron chi connectivity index (χ3n) is 5.18. The maximum absolute atomic E-state index is 13.9. The van der Waals surface area contributed by atoms with Crippen molar-refractivity contribution in [1.82, 2.24) is 15.0 Å². The number of ether oxygens (including phenoxy) is 3.